The summed E-state index contributed by atoms with van der Waals surface area (Å²) in [5.74, 6) is -0.194. The van der Waals surface area contributed by atoms with Gasteiger partial charge in [-0.2, -0.15) is 0 Å². The zero-order valence-corrected chi connectivity index (χ0v) is 12.1. The standard InChI is InChI=1S/C16H17N3O2/c1-16(2)15(21)19(10-14(20)18-16)9-11-7-8-17-13-6-4-3-5-12(11)13/h3-8H,9-10H2,1-2H3,(H,18,20). The largest absolute Gasteiger partial charge is 0.341 e. The highest BCUT2D eigenvalue weighted by atomic mass is 16.2. The number of piperazine rings is 1. The van der Waals surface area contributed by atoms with Crippen LogP contribution in [0.1, 0.15) is 19.4 Å². The van der Waals surface area contributed by atoms with Crippen molar-refractivity contribution in [2.24, 2.45) is 0 Å². The van der Waals surface area contributed by atoms with Crippen LogP contribution in [0.4, 0.5) is 0 Å². The van der Waals surface area contributed by atoms with E-state index in [0.717, 1.165) is 16.5 Å². The third-order valence-electron chi connectivity index (χ3n) is 3.71. The van der Waals surface area contributed by atoms with E-state index in [4.69, 9.17) is 0 Å². The maximum Gasteiger partial charge on any atom is 0.248 e. The van der Waals surface area contributed by atoms with Gasteiger partial charge in [-0.05, 0) is 31.5 Å². The van der Waals surface area contributed by atoms with Crippen molar-refractivity contribution in [2.75, 3.05) is 6.54 Å². The zero-order chi connectivity index (χ0) is 15.0. The Kier molecular flexibility index (Phi) is 3.12. The maximum atomic E-state index is 12.4. The van der Waals surface area contributed by atoms with Crippen molar-refractivity contribution in [1.29, 1.82) is 0 Å². The lowest BCUT2D eigenvalue weighted by molar-refractivity contribution is -0.148. The second-order valence-corrected chi connectivity index (χ2v) is 5.82. The molecule has 0 spiro atoms. The molecule has 1 aromatic heterocycles. The molecular formula is C16H17N3O2. The predicted molar refractivity (Wildman–Crippen MR) is 79.4 cm³/mol. The first-order valence-electron chi connectivity index (χ1n) is 6.90. The molecular weight excluding hydrogens is 266 g/mol. The van der Waals surface area contributed by atoms with Crippen LogP contribution in [0.3, 0.4) is 0 Å². The summed E-state index contributed by atoms with van der Waals surface area (Å²) in [5.41, 5.74) is 1.04. The first-order valence-corrected chi connectivity index (χ1v) is 6.90. The molecule has 1 aliphatic rings. The van der Waals surface area contributed by atoms with Gasteiger partial charge >= 0.3 is 0 Å². The molecule has 3 rings (SSSR count). The Hall–Kier alpha value is -2.43. The van der Waals surface area contributed by atoms with E-state index in [1.165, 1.54) is 0 Å². The summed E-state index contributed by atoms with van der Waals surface area (Å²) in [6, 6.07) is 9.70. The normalized spacial score (nSPS) is 17.9. The lowest BCUT2D eigenvalue weighted by Gasteiger charge is -2.37. The van der Waals surface area contributed by atoms with E-state index in [2.05, 4.69) is 10.3 Å². The summed E-state index contributed by atoms with van der Waals surface area (Å²) >= 11 is 0. The van der Waals surface area contributed by atoms with E-state index >= 15 is 0 Å². The minimum atomic E-state index is -0.849. The average molecular weight is 283 g/mol. The topological polar surface area (TPSA) is 62.3 Å². The molecule has 1 aromatic carbocycles. The van der Waals surface area contributed by atoms with Gasteiger partial charge in [-0.25, -0.2) is 0 Å². The summed E-state index contributed by atoms with van der Waals surface area (Å²) in [5, 5.41) is 3.73. The molecule has 0 aliphatic carbocycles. The van der Waals surface area contributed by atoms with Crippen LogP contribution >= 0.6 is 0 Å². The van der Waals surface area contributed by atoms with Crippen LogP contribution < -0.4 is 5.32 Å². The van der Waals surface area contributed by atoms with Gasteiger partial charge in [-0.3, -0.25) is 14.6 Å². The number of fused-ring (bicyclic) bond motifs is 1. The highest BCUT2D eigenvalue weighted by molar-refractivity contribution is 5.97. The van der Waals surface area contributed by atoms with Gasteiger partial charge in [0, 0.05) is 18.1 Å². The Labute approximate surface area is 123 Å². The molecule has 2 heterocycles. The number of hydrogen-bond acceptors (Lipinski definition) is 3. The molecule has 0 saturated carbocycles. The van der Waals surface area contributed by atoms with Gasteiger partial charge in [-0.15, -0.1) is 0 Å². The van der Waals surface area contributed by atoms with Crippen LogP contribution in [0.5, 0.6) is 0 Å². The molecule has 0 unspecified atom stereocenters. The molecule has 1 N–H and O–H groups in total. The smallest absolute Gasteiger partial charge is 0.248 e. The number of aromatic nitrogens is 1. The summed E-state index contributed by atoms with van der Waals surface area (Å²) in [6.07, 6.45) is 1.73. The fourth-order valence-corrected chi connectivity index (χ4v) is 2.71. The molecule has 2 amide bonds. The third kappa shape index (κ3) is 2.46. The fraction of sp³-hybridized carbons (Fsp3) is 0.312. The van der Waals surface area contributed by atoms with Crippen molar-refractivity contribution >= 4 is 22.7 Å². The van der Waals surface area contributed by atoms with Crippen molar-refractivity contribution in [3.63, 3.8) is 0 Å². The molecule has 1 fully saturated rings. The van der Waals surface area contributed by atoms with E-state index in [9.17, 15) is 9.59 Å². The Bertz CT molecular complexity index is 719. The van der Waals surface area contributed by atoms with Gasteiger partial charge in [0.15, 0.2) is 0 Å². The van der Waals surface area contributed by atoms with E-state index in [-0.39, 0.29) is 18.4 Å². The average Bonchev–Trinajstić information content (AvgIpc) is 2.44. The second kappa shape index (κ2) is 4.84. The number of carbonyl (C=O) groups excluding carboxylic acids is 2. The fourth-order valence-electron chi connectivity index (χ4n) is 2.71. The molecule has 108 valence electrons. The Morgan fingerprint density at radius 3 is 2.81 bits per heavy atom. The van der Waals surface area contributed by atoms with E-state index in [1.807, 2.05) is 30.3 Å². The Morgan fingerprint density at radius 2 is 2.00 bits per heavy atom. The van der Waals surface area contributed by atoms with Gasteiger partial charge < -0.3 is 10.2 Å². The summed E-state index contributed by atoms with van der Waals surface area (Å²) in [7, 11) is 0. The highest BCUT2D eigenvalue weighted by Crippen LogP contribution is 2.21. The van der Waals surface area contributed by atoms with Crippen molar-refractivity contribution in [2.45, 2.75) is 25.9 Å². The van der Waals surface area contributed by atoms with E-state index < -0.39 is 5.54 Å². The van der Waals surface area contributed by atoms with Gasteiger partial charge in [-0.1, -0.05) is 18.2 Å². The van der Waals surface area contributed by atoms with Crippen LogP contribution in [0, 0.1) is 0 Å². The molecule has 5 heteroatoms. The first-order chi connectivity index (χ1) is 9.97. The van der Waals surface area contributed by atoms with Crippen LogP contribution in [-0.4, -0.2) is 33.8 Å². The highest BCUT2D eigenvalue weighted by Gasteiger charge is 2.38. The number of para-hydroxylation sites is 1. The molecule has 1 aliphatic heterocycles. The molecule has 0 bridgehead atoms. The van der Waals surface area contributed by atoms with Crippen molar-refractivity contribution in [3.05, 3.63) is 42.1 Å². The number of carbonyl (C=O) groups is 2. The van der Waals surface area contributed by atoms with E-state index in [0.29, 0.717) is 6.54 Å². The van der Waals surface area contributed by atoms with Crippen LogP contribution in [-0.2, 0) is 16.1 Å². The molecule has 0 atom stereocenters. The van der Waals surface area contributed by atoms with Gasteiger partial charge in [0.05, 0.1) is 12.1 Å². The maximum absolute atomic E-state index is 12.4. The molecule has 0 radical (unpaired) electrons. The Balaban J connectivity index is 1.95. The van der Waals surface area contributed by atoms with Crippen LogP contribution in [0.25, 0.3) is 10.9 Å². The number of nitrogens with zero attached hydrogens (tertiary/aromatic N) is 2. The van der Waals surface area contributed by atoms with Gasteiger partial charge in [0.1, 0.15) is 5.54 Å². The van der Waals surface area contributed by atoms with Crippen molar-refractivity contribution in [3.8, 4) is 0 Å². The van der Waals surface area contributed by atoms with Crippen molar-refractivity contribution < 1.29 is 9.59 Å². The van der Waals surface area contributed by atoms with Crippen molar-refractivity contribution in [1.82, 2.24) is 15.2 Å². The molecule has 21 heavy (non-hydrogen) atoms. The monoisotopic (exact) mass is 283 g/mol. The quantitative estimate of drug-likeness (QED) is 0.908. The molecule has 5 nitrogen and oxygen atoms in total. The number of benzene rings is 1. The summed E-state index contributed by atoms with van der Waals surface area (Å²) in [6.45, 7) is 3.96. The number of rotatable bonds is 2. The SMILES string of the molecule is CC1(C)NC(=O)CN(Cc2ccnc3ccccc23)C1=O. The third-order valence-corrected chi connectivity index (χ3v) is 3.71. The predicted octanol–water partition coefficient (Wildman–Crippen LogP) is 1.47. The second-order valence-electron chi connectivity index (χ2n) is 5.82. The van der Waals surface area contributed by atoms with E-state index in [1.54, 1.807) is 24.9 Å². The minimum absolute atomic E-state index is 0.0667. The minimum Gasteiger partial charge on any atom is -0.341 e. The summed E-state index contributed by atoms with van der Waals surface area (Å²) < 4.78 is 0. The number of nitrogens with one attached hydrogen (secondary N) is 1. The van der Waals surface area contributed by atoms with Crippen LogP contribution in [0.2, 0.25) is 0 Å². The number of pyridine rings is 1. The first kappa shape index (κ1) is 13.5. The summed E-state index contributed by atoms with van der Waals surface area (Å²) in [4.78, 5) is 30.1. The van der Waals surface area contributed by atoms with Gasteiger partial charge in [0.25, 0.3) is 0 Å². The number of hydrogen-bond donors (Lipinski definition) is 1. The lowest BCUT2D eigenvalue weighted by atomic mass is 9.99. The Morgan fingerprint density at radius 1 is 1.24 bits per heavy atom. The zero-order valence-electron chi connectivity index (χ0n) is 12.1. The molecule has 2 aromatic rings. The number of amides is 2. The van der Waals surface area contributed by atoms with Crippen LogP contribution in [0.15, 0.2) is 36.5 Å². The lowest BCUT2D eigenvalue weighted by Crippen LogP contribution is -2.63. The van der Waals surface area contributed by atoms with Gasteiger partial charge in [0.2, 0.25) is 11.8 Å². The molecule has 1 saturated heterocycles.